The minimum absolute atomic E-state index is 0. The van der Waals surface area contributed by atoms with E-state index < -0.39 is 59.9 Å². The van der Waals surface area contributed by atoms with Gasteiger partial charge in [-0.1, -0.05) is 6.42 Å². The molecular formula is C14H23K2NO8S3. The van der Waals surface area contributed by atoms with E-state index in [-0.39, 0.29) is 127 Å². The van der Waals surface area contributed by atoms with E-state index in [1.54, 1.807) is 6.26 Å². The molecular weight excluding hydrogens is 485 g/mol. The van der Waals surface area contributed by atoms with Gasteiger partial charge >= 0.3 is 103 Å². The molecule has 1 amide bonds. The second kappa shape index (κ2) is 12.8. The summed E-state index contributed by atoms with van der Waals surface area (Å²) in [4.78, 5) is 12.5. The van der Waals surface area contributed by atoms with Crippen molar-refractivity contribution in [2.75, 3.05) is 6.26 Å². The third-order valence-electron chi connectivity index (χ3n) is 5.25. The van der Waals surface area contributed by atoms with Crippen LogP contribution in [0, 0.1) is 5.92 Å². The standard InChI is InChI=1S/C14H25NO8S3.2K/c1-24(17)11-4-2-3-9(5-11)14(16)15-10-6-12(25(18,19)20)8-13(7-10)26(21,22)23;;/h9-13H,2-8H2,1H3,(H,15,16)(H,18,19,20)(H,21,22,23);;/q;2*+1/p-2. The average molecular weight is 508 g/mol. The second-order valence-corrected chi connectivity index (χ2v) is 12.1. The molecule has 2 rings (SSSR count). The molecule has 2 saturated carbocycles. The first-order chi connectivity index (χ1) is 11.9. The number of hydrogen-bond donors (Lipinski definition) is 1. The maximum absolute atomic E-state index is 12.5. The van der Waals surface area contributed by atoms with Gasteiger partial charge < -0.3 is 14.4 Å². The van der Waals surface area contributed by atoms with Crippen molar-refractivity contribution in [3.63, 3.8) is 0 Å². The van der Waals surface area contributed by atoms with E-state index in [1.807, 2.05) is 0 Å². The average Bonchev–Trinajstić information content (AvgIpc) is 2.53. The van der Waals surface area contributed by atoms with Crippen molar-refractivity contribution in [2.45, 2.75) is 66.7 Å². The zero-order valence-electron chi connectivity index (χ0n) is 16.3. The third kappa shape index (κ3) is 9.29. The second-order valence-electron chi connectivity index (χ2n) is 7.13. The van der Waals surface area contributed by atoms with Gasteiger partial charge in [0, 0.05) is 34.3 Å². The van der Waals surface area contributed by atoms with Crippen LogP contribution >= 0.6 is 0 Å². The molecule has 5 unspecified atom stereocenters. The molecule has 0 radical (unpaired) electrons. The number of nitrogens with one attached hydrogen (secondary N) is 1. The van der Waals surface area contributed by atoms with Crippen LogP contribution in [0.4, 0.5) is 0 Å². The Kier molecular flexibility index (Phi) is 14.1. The van der Waals surface area contributed by atoms with Crippen LogP contribution in [0.3, 0.4) is 0 Å². The van der Waals surface area contributed by atoms with Crippen LogP contribution in [0.2, 0.25) is 0 Å². The summed E-state index contributed by atoms with van der Waals surface area (Å²) in [6.45, 7) is 0. The summed E-state index contributed by atoms with van der Waals surface area (Å²) in [5.41, 5.74) is 0. The Labute approximate surface area is 254 Å². The van der Waals surface area contributed by atoms with Crippen LogP contribution in [0.1, 0.15) is 44.9 Å². The minimum Gasteiger partial charge on any atom is -0.748 e. The van der Waals surface area contributed by atoms with E-state index in [2.05, 4.69) is 5.32 Å². The molecule has 2 aliphatic rings. The smallest absolute Gasteiger partial charge is 0.748 e. The fourth-order valence-electron chi connectivity index (χ4n) is 3.81. The Balaban J connectivity index is 0.00000364. The summed E-state index contributed by atoms with van der Waals surface area (Å²) in [5, 5.41) is -0.512. The number of amides is 1. The van der Waals surface area contributed by atoms with E-state index in [9.17, 15) is 34.9 Å². The van der Waals surface area contributed by atoms with Gasteiger partial charge in [0.25, 0.3) is 0 Å². The number of carbonyl (C=O) groups excluding carboxylic acids is 1. The predicted octanol–water partition coefficient (Wildman–Crippen LogP) is -6.57. The van der Waals surface area contributed by atoms with Crippen molar-refractivity contribution < 1.29 is 138 Å². The van der Waals surface area contributed by atoms with Crippen molar-refractivity contribution in [2.24, 2.45) is 5.92 Å². The normalized spacial score (nSPS) is 32.3. The fourth-order valence-corrected chi connectivity index (χ4v) is 6.81. The fraction of sp³-hybridized carbons (Fsp3) is 0.929. The van der Waals surface area contributed by atoms with E-state index in [0.717, 1.165) is 12.8 Å². The van der Waals surface area contributed by atoms with Crippen molar-refractivity contribution in [1.29, 1.82) is 0 Å². The first-order valence-electron chi connectivity index (χ1n) is 8.40. The molecule has 5 atom stereocenters. The summed E-state index contributed by atoms with van der Waals surface area (Å²) in [6, 6.07) is -0.869. The molecule has 0 aromatic carbocycles. The molecule has 0 spiro atoms. The zero-order chi connectivity index (χ0) is 19.7. The quantitative estimate of drug-likeness (QED) is 0.284. The van der Waals surface area contributed by atoms with Crippen LogP contribution < -0.4 is 108 Å². The summed E-state index contributed by atoms with van der Waals surface area (Å²) < 4.78 is 79.5. The molecule has 0 heterocycles. The van der Waals surface area contributed by atoms with Crippen molar-refractivity contribution in [3.8, 4) is 0 Å². The number of rotatable bonds is 5. The molecule has 14 heteroatoms. The molecule has 1 N–H and O–H groups in total. The van der Waals surface area contributed by atoms with Crippen LogP contribution in [-0.2, 0) is 35.8 Å². The topological polar surface area (TPSA) is 161 Å². The van der Waals surface area contributed by atoms with Crippen LogP contribution in [-0.4, -0.2) is 64.1 Å². The summed E-state index contributed by atoms with van der Waals surface area (Å²) >= 11 is 0. The van der Waals surface area contributed by atoms with Gasteiger partial charge in [-0.3, -0.25) is 9.00 Å². The molecule has 28 heavy (non-hydrogen) atoms. The Bertz CT molecular complexity index is 733. The Morgan fingerprint density at radius 1 is 0.929 bits per heavy atom. The van der Waals surface area contributed by atoms with E-state index in [1.165, 1.54) is 0 Å². The summed E-state index contributed by atoms with van der Waals surface area (Å²) in [7, 11) is -10.6. The molecule has 2 aliphatic carbocycles. The molecule has 0 saturated heterocycles. The van der Waals surface area contributed by atoms with E-state index >= 15 is 0 Å². The molecule has 152 valence electrons. The maximum atomic E-state index is 12.5. The van der Waals surface area contributed by atoms with Crippen LogP contribution in [0.25, 0.3) is 0 Å². The number of carbonyl (C=O) groups is 1. The van der Waals surface area contributed by atoms with Gasteiger partial charge in [-0.05, 0) is 38.5 Å². The maximum Gasteiger partial charge on any atom is 1.00 e. The van der Waals surface area contributed by atoms with Crippen LogP contribution in [0.15, 0.2) is 0 Å². The predicted molar refractivity (Wildman–Crippen MR) is 92.6 cm³/mol. The molecule has 9 nitrogen and oxygen atoms in total. The van der Waals surface area contributed by atoms with Crippen molar-refractivity contribution >= 4 is 36.9 Å². The van der Waals surface area contributed by atoms with Gasteiger partial charge in [-0.2, -0.15) is 0 Å². The van der Waals surface area contributed by atoms with Gasteiger partial charge in [0.15, 0.2) is 0 Å². The molecule has 0 bridgehead atoms. The molecule has 2 fully saturated rings. The SMILES string of the molecule is CS(=O)C1CCCC(C(=O)NC2CC(S(=O)(=O)[O-])CC(S(=O)(=O)[O-])C2)C1.[K+].[K+]. The third-order valence-corrected chi connectivity index (χ3v) is 9.02. The zero-order valence-corrected chi connectivity index (χ0v) is 25.0. The number of hydrogen-bond acceptors (Lipinski definition) is 8. The van der Waals surface area contributed by atoms with Gasteiger partial charge in [0.2, 0.25) is 5.91 Å². The van der Waals surface area contributed by atoms with E-state index in [0.29, 0.717) is 12.8 Å². The Hall–Kier alpha value is 2.71. The summed E-state index contributed by atoms with van der Waals surface area (Å²) in [5.74, 6) is -0.777. The van der Waals surface area contributed by atoms with Gasteiger partial charge in [0.1, 0.15) is 0 Å². The molecule has 0 aromatic heterocycles. The molecule has 0 aliphatic heterocycles. The molecule has 0 aromatic rings. The largest absolute Gasteiger partial charge is 1.00 e. The Morgan fingerprint density at radius 2 is 1.43 bits per heavy atom. The Morgan fingerprint density at radius 3 is 1.86 bits per heavy atom. The van der Waals surface area contributed by atoms with Gasteiger partial charge in [-0.25, -0.2) is 16.8 Å². The monoisotopic (exact) mass is 507 g/mol. The van der Waals surface area contributed by atoms with Gasteiger partial charge in [0.05, 0.1) is 30.7 Å². The van der Waals surface area contributed by atoms with Crippen LogP contribution in [0.5, 0.6) is 0 Å². The van der Waals surface area contributed by atoms with E-state index in [4.69, 9.17) is 0 Å². The summed E-state index contributed by atoms with van der Waals surface area (Å²) in [6.07, 6.45) is 3.17. The van der Waals surface area contributed by atoms with Crippen molar-refractivity contribution in [3.05, 3.63) is 0 Å². The van der Waals surface area contributed by atoms with Crippen molar-refractivity contribution in [1.82, 2.24) is 5.32 Å². The van der Waals surface area contributed by atoms with Gasteiger partial charge in [-0.15, -0.1) is 0 Å². The first-order valence-corrected chi connectivity index (χ1v) is 13.0. The first kappa shape index (κ1) is 30.7. The minimum atomic E-state index is -4.78.